The van der Waals surface area contributed by atoms with E-state index in [1.165, 1.54) is 12.1 Å². The third-order valence-electron chi connectivity index (χ3n) is 3.04. The molecule has 0 fully saturated rings. The van der Waals surface area contributed by atoms with Crippen LogP contribution in [0.4, 0.5) is 0 Å². The van der Waals surface area contributed by atoms with E-state index in [-0.39, 0.29) is 17.9 Å². The largest absolute Gasteiger partial charge is 0.460 e. The van der Waals surface area contributed by atoms with Gasteiger partial charge in [-0.1, -0.05) is 31.0 Å². The van der Waals surface area contributed by atoms with Crippen molar-refractivity contribution in [3.63, 3.8) is 0 Å². The lowest BCUT2D eigenvalue weighted by Gasteiger charge is -2.15. The number of rotatable bonds is 7. The minimum absolute atomic E-state index is 0.0357. The average molecular weight is 312 g/mol. The summed E-state index contributed by atoms with van der Waals surface area (Å²) in [5.74, 6) is -2.09. The van der Waals surface area contributed by atoms with E-state index in [2.05, 4.69) is 4.74 Å². The molecule has 6 heteroatoms. The highest BCUT2D eigenvalue weighted by atomic mass is 32.2. The highest BCUT2D eigenvalue weighted by Gasteiger charge is 2.37. The van der Waals surface area contributed by atoms with Gasteiger partial charge in [-0.3, -0.25) is 4.79 Å². The summed E-state index contributed by atoms with van der Waals surface area (Å²) in [6, 6.07) is 6.22. The Morgan fingerprint density at radius 3 is 2.19 bits per heavy atom. The van der Waals surface area contributed by atoms with E-state index in [0.29, 0.717) is 6.42 Å². The molecule has 0 N–H and O–H groups in total. The van der Waals surface area contributed by atoms with Crippen LogP contribution in [-0.2, 0) is 24.2 Å². The number of hydrogen-bond donors (Lipinski definition) is 0. The van der Waals surface area contributed by atoms with Crippen molar-refractivity contribution >= 4 is 21.6 Å². The van der Waals surface area contributed by atoms with Crippen LogP contribution in [0, 0.1) is 6.92 Å². The number of ether oxygens (including phenoxy) is 1. The van der Waals surface area contributed by atoms with Crippen LogP contribution < -0.4 is 0 Å². The van der Waals surface area contributed by atoms with Crippen LogP contribution in [0.3, 0.4) is 0 Å². The molecular formula is C15H20O5S. The van der Waals surface area contributed by atoms with Crippen molar-refractivity contribution in [3.05, 3.63) is 29.8 Å². The van der Waals surface area contributed by atoms with Crippen LogP contribution in [0.1, 0.15) is 32.3 Å². The van der Waals surface area contributed by atoms with Crippen molar-refractivity contribution in [1.29, 1.82) is 0 Å². The summed E-state index contributed by atoms with van der Waals surface area (Å²) in [6.45, 7) is 5.20. The van der Waals surface area contributed by atoms with Crippen LogP contribution in [0.2, 0.25) is 0 Å². The molecule has 21 heavy (non-hydrogen) atoms. The number of hydrogen-bond acceptors (Lipinski definition) is 5. The quantitative estimate of drug-likeness (QED) is 0.569. The van der Waals surface area contributed by atoms with Gasteiger partial charge in [-0.2, -0.15) is 0 Å². The minimum atomic E-state index is -3.89. The monoisotopic (exact) mass is 312 g/mol. The summed E-state index contributed by atoms with van der Waals surface area (Å²) in [6.07, 6.45) is 0.564. The number of benzene rings is 1. The SMILES string of the molecule is CCCC(C(=O)C(=O)OCC)S(=O)(=O)c1ccc(C)cc1. The van der Waals surface area contributed by atoms with Gasteiger partial charge < -0.3 is 4.74 Å². The molecule has 1 rings (SSSR count). The van der Waals surface area contributed by atoms with Gasteiger partial charge in [0.2, 0.25) is 0 Å². The fraction of sp³-hybridized carbons (Fsp3) is 0.467. The van der Waals surface area contributed by atoms with E-state index in [4.69, 9.17) is 0 Å². The van der Waals surface area contributed by atoms with Gasteiger partial charge in [0.25, 0.3) is 5.78 Å². The van der Waals surface area contributed by atoms with Gasteiger partial charge >= 0.3 is 5.97 Å². The highest BCUT2D eigenvalue weighted by Crippen LogP contribution is 2.21. The van der Waals surface area contributed by atoms with E-state index in [0.717, 1.165) is 5.56 Å². The second kappa shape index (κ2) is 7.36. The lowest BCUT2D eigenvalue weighted by molar-refractivity contribution is -0.153. The van der Waals surface area contributed by atoms with Gasteiger partial charge in [-0.25, -0.2) is 13.2 Å². The summed E-state index contributed by atoms with van der Waals surface area (Å²) >= 11 is 0. The zero-order chi connectivity index (χ0) is 16.0. The van der Waals surface area contributed by atoms with E-state index in [9.17, 15) is 18.0 Å². The van der Waals surface area contributed by atoms with Gasteiger partial charge in [0.05, 0.1) is 11.5 Å². The first kappa shape index (κ1) is 17.4. The second-order valence-electron chi connectivity index (χ2n) is 4.72. The molecule has 5 nitrogen and oxygen atoms in total. The molecule has 0 radical (unpaired) electrons. The molecule has 0 aliphatic heterocycles. The van der Waals surface area contributed by atoms with Gasteiger partial charge in [0.15, 0.2) is 9.84 Å². The second-order valence-corrected chi connectivity index (χ2v) is 6.85. The normalized spacial score (nSPS) is 12.7. The smallest absolute Gasteiger partial charge is 0.376 e. The van der Waals surface area contributed by atoms with Gasteiger partial charge in [0.1, 0.15) is 5.25 Å². The molecule has 0 saturated heterocycles. The number of sulfone groups is 1. The summed E-state index contributed by atoms with van der Waals surface area (Å²) in [5, 5.41) is -1.38. The van der Waals surface area contributed by atoms with Gasteiger partial charge in [-0.15, -0.1) is 0 Å². The number of carbonyl (C=O) groups excluding carboxylic acids is 2. The van der Waals surface area contributed by atoms with Crippen LogP contribution >= 0.6 is 0 Å². The molecule has 0 aromatic heterocycles. The molecule has 1 aromatic rings. The molecule has 0 amide bonds. The Morgan fingerprint density at radius 2 is 1.71 bits per heavy atom. The molecule has 0 aliphatic rings. The Hall–Kier alpha value is -1.69. The van der Waals surface area contributed by atoms with E-state index in [1.54, 1.807) is 26.0 Å². The molecule has 0 spiro atoms. The van der Waals surface area contributed by atoms with Crippen molar-refractivity contribution in [2.45, 2.75) is 43.8 Å². The molecule has 1 unspecified atom stereocenters. The third kappa shape index (κ3) is 4.14. The third-order valence-corrected chi connectivity index (χ3v) is 5.17. The average Bonchev–Trinajstić information content (AvgIpc) is 2.44. The maximum Gasteiger partial charge on any atom is 0.376 e. The predicted molar refractivity (Wildman–Crippen MR) is 78.7 cm³/mol. The zero-order valence-corrected chi connectivity index (χ0v) is 13.3. The Morgan fingerprint density at radius 1 is 1.14 bits per heavy atom. The molecule has 116 valence electrons. The highest BCUT2D eigenvalue weighted by molar-refractivity contribution is 7.93. The standard InChI is InChI=1S/C15H20O5S/c1-4-6-13(14(16)15(17)20-5-2)21(18,19)12-9-7-11(3)8-10-12/h7-10,13H,4-6H2,1-3H3. The van der Waals surface area contributed by atoms with Crippen molar-refractivity contribution in [1.82, 2.24) is 0 Å². The van der Waals surface area contributed by atoms with Crippen LogP contribution in [0.15, 0.2) is 29.2 Å². The van der Waals surface area contributed by atoms with Crippen molar-refractivity contribution in [2.24, 2.45) is 0 Å². The number of Topliss-reactive ketones (excluding diaryl/α,β-unsaturated/α-hetero) is 1. The Balaban J connectivity index is 3.17. The van der Waals surface area contributed by atoms with Crippen molar-refractivity contribution in [2.75, 3.05) is 6.61 Å². The number of esters is 1. The molecule has 0 aliphatic carbocycles. The first-order valence-corrected chi connectivity index (χ1v) is 8.40. The summed E-state index contributed by atoms with van der Waals surface area (Å²) in [7, 11) is -3.89. The van der Waals surface area contributed by atoms with Gasteiger partial charge in [-0.05, 0) is 32.4 Å². The Labute approximate surface area is 125 Å². The number of ketones is 1. The summed E-state index contributed by atoms with van der Waals surface area (Å²) in [5.41, 5.74) is 0.915. The predicted octanol–water partition coefficient (Wildman–Crippen LogP) is 2.07. The summed E-state index contributed by atoms with van der Waals surface area (Å²) < 4.78 is 29.7. The fourth-order valence-electron chi connectivity index (χ4n) is 1.92. The number of aryl methyl sites for hydroxylation is 1. The van der Waals surface area contributed by atoms with Crippen molar-refractivity contribution in [3.8, 4) is 0 Å². The van der Waals surface area contributed by atoms with Crippen LogP contribution in [0.5, 0.6) is 0 Å². The first-order valence-electron chi connectivity index (χ1n) is 6.86. The van der Waals surface area contributed by atoms with E-state index < -0.39 is 26.8 Å². The maximum atomic E-state index is 12.6. The Kier molecular flexibility index (Phi) is 6.08. The lowest BCUT2D eigenvalue weighted by Crippen LogP contribution is -2.36. The zero-order valence-electron chi connectivity index (χ0n) is 12.5. The molecule has 0 heterocycles. The topological polar surface area (TPSA) is 77.5 Å². The van der Waals surface area contributed by atoms with E-state index >= 15 is 0 Å². The minimum Gasteiger partial charge on any atom is -0.460 e. The van der Waals surface area contributed by atoms with Gasteiger partial charge in [0, 0.05) is 0 Å². The molecular weight excluding hydrogens is 292 g/mol. The van der Waals surface area contributed by atoms with Crippen LogP contribution in [-0.4, -0.2) is 32.0 Å². The number of carbonyl (C=O) groups is 2. The van der Waals surface area contributed by atoms with Crippen LogP contribution in [0.25, 0.3) is 0 Å². The lowest BCUT2D eigenvalue weighted by atomic mass is 10.2. The molecule has 0 bridgehead atoms. The fourth-order valence-corrected chi connectivity index (χ4v) is 3.68. The summed E-state index contributed by atoms with van der Waals surface area (Å²) in [4.78, 5) is 23.7. The molecule has 1 atom stereocenters. The van der Waals surface area contributed by atoms with E-state index in [1.807, 2.05) is 6.92 Å². The molecule has 0 saturated carbocycles. The molecule has 1 aromatic carbocycles. The first-order chi connectivity index (χ1) is 9.84. The van der Waals surface area contributed by atoms with Crippen molar-refractivity contribution < 1.29 is 22.7 Å². The Bertz CT molecular complexity index is 601. The maximum absolute atomic E-state index is 12.6.